The Labute approximate surface area is 116 Å². The smallest absolute Gasteiger partial charge is 0.372 e. The highest BCUT2D eigenvalue weighted by Crippen LogP contribution is 2.12. The third-order valence-corrected chi connectivity index (χ3v) is 3.19. The minimum atomic E-state index is -0.984. The van der Waals surface area contributed by atoms with E-state index >= 15 is 0 Å². The van der Waals surface area contributed by atoms with Crippen molar-refractivity contribution in [2.45, 2.75) is 25.8 Å². The quantitative estimate of drug-likeness (QED) is 0.825. The standard InChI is InChI=1S/C14H15ClN2O2/c15-12-6-4-11(5-7-12)3-1-2-9-17-10-8-16-13(17)14(18)19/h4-8,10H,1-3,9H2,(H,18,19). The summed E-state index contributed by atoms with van der Waals surface area (Å²) in [6.45, 7) is 0.676. The van der Waals surface area contributed by atoms with Crippen LogP contribution in [0.2, 0.25) is 5.02 Å². The third-order valence-electron chi connectivity index (χ3n) is 2.93. The van der Waals surface area contributed by atoms with Crippen molar-refractivity contribution in [3.8, 4) is 0 Å². The Balaban J connectivity index is 1.79. The van der Waals surface area contributed by atoms with Crippen LogP contribution in [0.5, 0.6) is 0 Å². The van der Waals surface area contributed by atoms with Gasteiger partial charge < -0.3 is 9.67 Å². The van der Waals surface area contributed by atoms with Gasteiger partial charge in [-0.1, -0.05) is 23.7 Å². The second kappa shape index (κ2) is 6.38. The monoisotopic (exact) mass is 278 g/mol. The van der Waals surface area contributed by atoms with Gasteiger partial charge in [-0.3, -0.25) is 0 Å². The van der Waals surface area contributed by atoms with E-state index in [-0.39, 0.29) is 5.82 Å². The van der Waals surface area contributed by atoms with Crippen LogP contribution in [0.3, 0.4) is 0 Å². The SMILES string of the molecule is O=C(O)c1nccn1CCCCc1ccc(Cl)cc1. The van der Waals surface area contributed by atoms with Gasteiger partial charge in [0.15, 0.2) is 0 Å². The number of aromatic carboxylic acids is 1. The summed E-state index contributed by atoms with van der Waals surface area (Å²) in [4.78, 5) is 14.7. The van der Waals surface area contributed by atoms with Gasteiger partial charge in [-0.05, 0) is 37.0 Å². The van der Waals surface area contributed by atoms with Crippen molar-refractivity contribution in [1.82, 2.24) is 9.55 Å². The maximum Gasteiger partial charge on any atom is 0.372 e. The van der Waals surface area contributed by atoms with Crippen LogP contribution in [0.15, 0.2) is 36.7 Å². The molecule has 2 rings (SSSR count). The summed E-state index contributed by atoms with van der Waals surface area (Å²) in [6, 6.07) is 7.80. The molecule has 19 heavy (non-hydrogen) atoms. The highest BCUT2D eigenvalue weighted by Gasteiger charge is 2.09. The Morgan fingerprint density at radius 2 is 2.00 bits per heavy atom. The number of unbranched alkanes of at least 4 members (excludes halogenated alkanes) is 1. The Kier molecular flexibility index (Phi) is 4.58. The molecule has 100 valence electrons. The topological polar surface area (TPSA) is 55.1 Å². The second-order valence-electron chi connectivity index (χ2n) is 4.33. The summed E-state index contributed by atoms with van der Waals surface area (Å²) in [7, 11) is 0. The molecule has 0 aliphatic carbocycles. The van der Waals surface area contributed by atoms with Gasteiger partial charge in [-0.25, -0.2) is 9.78 Å². The number of nitrogens with zero attached hydrogens (tertiary/aromatic N) is 2. The van der Waals surface area contributed by atoms with Gasteiger partial charge in [0, 0.05) is 24.0 Å². The van der Waals surface area contributed by atoms with Crippen LogP contribution < -0.4 is 0 Å². The number of benzene rings is 1. The largest absolute Gasteiger partial charge is 0.475 e. The minimum Gasteiger partial charge on any atom is -0.475 e. The van der Waals surface area contributed by atoms with Gasteiger partial charge in [-0.15, -0.1) is 0 Å². The van der Waals surface area contributed by atoms with Crippen molar-refractivity contribution in [3.05, 3.63) is 53.1 Å². The number of carboxylic acids is 1. The molecule has 0 saturated carbocycles. The van der Waals surface area contributed by atoms with Crippen LogP contribution in [-0.4, -0.2) is 20.6 Å². The fourth-order valence-electron chi connectivity index (χ4n) is 1.95. The molecule has 1 N–H and O–H groups in total. The van der Waals surface area contributed by atoms with Crippen molar-refractivity contribution < 1.29 is 9.90 Å². The Bertz CT molecular complexity index is 549. The van der Waals surface area contributed by atoms with E-state index in [0.29, 0.717) is 6.54 Å². The van der Waals surface area contributed by atoms with Crippen LogP contribution >= 0.6 is 11.6 Å². The number of rotatable bonds is 6. The highest BCUT2D eigenvalue weighted by molar-refractivity contribution is 6.30. The predicted molar refractivity (Wildman–Crippen MR) is 73.6 cm³/mol. The molecular formula is C14H15ClN2O2. The van der Waals surface area contributed by atoms with E-state index in [1.807, 2.05) is 24.3 Å². The number of halogens is 1. The summed E-state index contributed by atoms with van der Waals surface area (Å²) in [5.41, 5.74) is 1.24. The molecule has 2 aromatic rings. The minimum absolute atomic E-state index is 0.103. The molecule has 0 saturated heterocycles. The summed E-state index contributed by atoms with van der Waals surface area (Å²) in [5, 5.41) is 9.66. The second-order valence-corrected chi connectivity index (χ2v) is 4.77. The maximum atomic E-state index is 10.9. The average molecular weight is 279 g/mol. The number of aromatic nitrogens is 2. The number of hydrogen-bond acceptors (Lipinski definition) is 2. The molecule has 1 heterocycles. The van der Waals surface area contributed by atoms with E-state index in [4.69, 9.17) is 16.7 Å². The molecule has 0 bridgehead atoms. The molecule has 0 fully saturated rings. The number of carbonyl (C=O) groups is 1. The predicted octanol–water partition coefficient (Wildman–Crippen LogP) is 3.26. The normalized spacial score (nSPS) is 10.6. The zero-order valence-corrected chi connectivity index (χ0v) is 11.2. The van der Waals surface area contributed by atoms with Crippen LogP contribution in [-0.2, 0) is 13.0 Å². The van der Waals surface area contributed by atoms with Crippen molar-refractivity contribution in [1.29, 1.82) is 0 Å². The highest BCUT2D eigenvalue weighted by atomic mass is 35.5. The van der Waals surface area contributed by atoms with E-state index in [1.165, 1.54) is 11.8 Å². The summed E-state index contributed by atoms with van der Waals surface area (Å²) < 4.78 is 1.67. The van der Waals surface area contributed by atoms with E-state index in [0.717, 1.165) is 24.3 Å². The molecule has 0 radical (unpaired) electrons. The first-order valence-corrected chi connectivity index (χ1v) is 6.53. The first-order chi connectivity index (χ1) is 9.16. The molecule has 4 nitrogen and oxygen atoms in total. The van der Waals surface area contributed by atoms with Crippen LogP contribution in [0.25, 0.3) is 0 Å². The lowest BCUT2D eigenvalue weighted by Gasteiger charge is -2.05. The Morgan fingerprint density at radius 1 is 1.26 bits per heavy atom. The summed E-state index contributed by atoms with van der Waals surface area (Å²) in [5.74, 6) is -0.880. The molecule has 1 aromatic carbocycles. The number of imidazole rings is 1. The van der Waals surface area contributed by atoms with E-state index in [1.54, 1.807) is 10.8 Å². The third kappa shape index (κ3) is 3.83. The van der Waals surface area contributed by atoms with Gasteiger partial charge >= 0.3 is 5.97 Å². The Hall–Kier alpha value is -1.81. The molecule has 0 spiro atoms. The van der Waals surface area contributed by atoms with E-state index in [9.17, 15) is 4.79 Å². The lowest BCUT2D eigenvalue weighted by molar-refractivity contribution is 0.0678. The fourth-order valence-corrected chi connectivity index (χ4v) is 2.08. The molecule has 0 amide bonds. The summed E-state index contributed by atoms with van der Waals surface area (Å²) in [6.07, 6.45) is 6.10. The molecule has 5 heteroatoms. The molecule has 0 aliphatic rings. The lowest BCUT2D eigenvalue weighted by atomic mass is 10.1. The van der Waals surface area contributed by atoms with Crippen molar-refractivity contribution in [2.75, 3.05) is 0 Å². The maximum absolute atomic E-state index is 10.9. The first-order valence-electron chi connectivity index (χ1n) is 6.15. The van der Waals surface area contributed by atoms with Crippen molar-refractivity contribution >= 4 is 17.6 Å². The van der Waals surface area contributed by atoms with Crippen LogP contribution in [0.1, 0.15) is 29.0 Å². The van der Waals surface area contributed by atoms with E-state index < -0.39 is 5.97 Å². The van der Waals surface area contributed by atoms with E-state index in [2.05, 4.69) is 4.98 Å². The molecule has 0 atom stereocenters. The molecule has 0 aliphatic heterocycles. The van der Waals surface area contributed by atoms with Gasteiger partial charge in [0.05, 0.1) is 0 Å². The lowest BCUT2D eigenvalue weighted by Crippen LogP contribution is -2.09. The fraction of sp³-hybridized carbons (Fsp3) is 0.286. The zero-order chi connectivity index (χ0) is 13.7. The zero-order valence-electron chi connectivity index (χ0n) is 10.4. The number of aryl methyl sites for hydroxylation is 2. The van der Waals surface area contributed by atoms with Gasteiger partial charge in [-0.2, -0.15) is 0 Å². The van der Waals surface area contributed by atoms with Gasteiger partial charge in [0.2, 0.25) is 5.82 Å². The first kappa shape index (κ1) is 13.6. The summed E-state index contributed by atoms with van der Waals surface area (Å²) >= 11 is 5.82. The average Bonchev–Trinajstić information content (AvgIpc) is 2.85. The van der Waals surface area contributed by atoms with Gasteiger partial charge in [0.1, 0.15) is 0 Å². The number of hydrogen-bond donors (Lipinski definition) is 1. The molecule has 0 unspecified atom stereocenters. The van der Waals surface area contributed by atoms with Gasteiger partial charge in [0.25, 0.3) is 0 Å². The number of carboxylic acid groups (broad SMARTS) is 1. The molecule has 1 aromatic heterocycles. The van der Waals surface area contributed by atoms with Crippen LogP contribution in [0.4, 0.5) is 0 Å². The Morgan fingerprint density at radius 3 is 2.68 bits per heavy atom. The van der Waals surface area contributed by atoms with Crippen molar-refractivity contribution in [3.63, 3.8) is 0 Å². The van der Waals surface area contributed by atoms with Crippen molar-refractivity contribution in [2.24, 2.45) is 0 Å². The molecular weight excluding hydrogens is 264 g/mol. The van der Waals surface area contributed by atoms with Crippen LogP contribution in [0, 0.1) is 0 Å².